The van der Waals surface area contributed by atoms with Crippen LogP contribution in [0.3, 0.4) is 0 Å². The zero-order valence-corrected chi connectivity index (χ0v) is 24.8. The lowest BCUT2D eigenvalue weighted by Gasteiger charge is -2.49. The van der Waals surface area contributed by atoms with E-state index in [9.17, 15) is 24.3 Å². The van der Waals surface area contributed by atoms with Gasteiger partial charge < -0.3 is 9.84 Å². The lowest BCUT2D eigenvalue weighted by Crippen LogP contribution is -2.48. The van der Waals surface area contributed by atoms with E-state index in [1.54, 1.807) is 60.7 Å². The van der Waals surface area contributed by atoms with Gasteiger partial charge in [-0.15, -0.1) is 0 Å². The van der Waals surface area contributed by atoms with Crippen molar-refractivity contribution in [2.75, 3.05) is 23.0 Å². The molecule has 7 rings (SSSR count). The van der Waals surface area contributed by atoms with Gasteiger partial charge in [-0.3, -0.25) is 24.1 Å². The van der Waals surface area contributed by atoms with E-state index in [0.717, 1.165) is 11.1 Å². The Morgan fingerprint density at radius 1 is 0.841 bits per heavy atom. The quantitative estimate of drug-likeness (QED) is 0.306. The summed E-state index contributed by atoms with van der Waals surface area (Å²) in [6.07, 6.45) is 2.69. The molecule has 1 N–H and O–H groups in total. The number of nitrogens with zero attached hydrogens (tertiary/aromatic N) is 2. The van der Waals surface area contributed by atoms with Gasteiger partial charge in [0.1, 0.15) is 12.4 Å². The zero-order valence-electron chi connectivity index (χ0n) is 24.1. The molecule has 8 nitrogen and oxygen atoms in total. The SMILES string of the molecule is CC12C(=O)N(c3ccccc3)C(=O)C1CC1C(=CCC3C(=O)N(c4ccc(Cl)cc4)C(=O)C31)C2c1ccc(OCCO)cc1. The van der Waals surface area contributed by atoms with Crippen molar-refractivity contribution in [3.8, 4) is 5.75 Å². The highest BCUT2D eigenvalue weighted by Gasteiger charge is 2.67. The van der Waals surface area contributed by atoms with Crippen LogP contribution < -0.4 is 14.5 Å². The molecule has 0 radical (unpaired) electrons. The average Bonchev–Trinajstić information content (AvgIpc) is 3.40. The Morgan fingerprint density at radius 2 is 1.52 bits per heavy atom. The number of aliphatic hydroxyl groups is 1. The van der Waals surface area contributed by atoms with E-state index in [1.807, 2.05) is 31.2 Å². The molecular formula is C35H31ClN2O6. The second-order valence-corrected chi connectivity index (χ2v) is 12.6. The van der Waals surface area contributed by atoms with Crippen molar-refractivity contribution in [3.05, 3.63) is 101 Å². The summed E-state index contributed by atoms with van der Waals surface area (Å²) in [5, 5.41) is 9.68. The highest BCUT2D eigenvalue weighted by Crippen LogP contribution is 2.63. The molecule has 0 bridgehead atoms. The first-order valence-electron chi connectivity index (χ1n) is 14.9. The van der Waals surface area contributed by atoms with E-state index >= 15 is 0 Å². The Balaban J connectivity index is 1.33. The third-order valence-electron chi connectivity index (χ3n) is 9.95. The van der Waals surface area contributed by atoms with Gasteiger partial charge in [-0.05, 0) is 79.8 Å². The van der Waals surface area contributed by atoms with Crippen LogP contribution in [0.1, 0.15) is 31.2 Å². The maximum absolute atomic E-state index is 14.4. The van der Waals surface area contributed by atoms with Crippen LogP contribution in [0, 0.1) is 29.1 Å². The first-order valence-corrected chi connectivity index (χ1v) is 15.2. The first kappa shape index (κ1) is 28.5. The number of rotatable bonds is 6. The molecule has 2 aliphatic carbocycles. The second-order valence-electron chi connectivity index (χ2n) is 12.1. The number of carbonyl (C=O) groups excluding carboxylic acids is 4. The second kappa shape index (κ2) is 10.7. The fourth-order valence-corrected chi connectivity index (χ4v) is 8.11. The van der Waals surface area contributed by atoms with Crippen molar-refractivity contribution in [3.63, 3.8) is 0 Å². The molecule has 2 heterocycles. The van der Waals surface area contributed by atoms with Gasteiger partial charge in [0.2, 0.25) is 23.6 Å². The average molecular weight is 611 g/mol. The van der Waals surface area contributed by atoms with E-state index in [1.165, 1.54) is 9.80 Å². The summed E-state index contributed by atoms with van der Waals surface area (Å²) in [6.45, 7) is 1.90. The number of aliphatic hydroxyl groups excluding tert-OH is 1. The molecule has 3 aromatic carbocycles. The van der Waals surface area contributed by atoms with Crippen molar-refractivity contribution < 1.29 is 29.0 Å². The van der Waals surface area contributed by atoms with Crippen LogP contribution >= 0.6 is 11.6 Å². The summed E-state index contributed by atoms with van der Waals surface area (Å²) in [5.41, 5.74) is 1.62. The van der Waals surface area contributed by atoms with E-state index in [-0.39, 0.29) is 36.8 Å². The lowest BCUT2D eigenvalue weighted by molar-refractivity contribution is -0.131. The van der Waals surface area contributed by atoms with Gasteiger partial charge in [0.05, 0.1) is 41.2 Å². The van der Waals surface area contributed by atoms with Gasteiger partial charge >= 0.3 is 0 Å². The van der Waals surface area contributed by atoms with E-state index in [2.05, 4.69) is 0 Å². The van der Waals surface area contributed by atoms with Crippen LogP contribution in [0.5, 0.6) is 5.75 Å². The van der Waals surface area contributed by atoms with Crippen molar-refractivity contribution in [1.82, 2.24) is 0 Å². The van der Waals surface area contributed by atoms with Crippen molar-refractivity contribution in [1.29, 1.82) is 0 Å². The third-order valence-corrected chi connectivity index (χ3v) is 10.2. The number of anilines is 2. The number of allylic oxidation sites excluding steroid dienone is 2. The van der Waals surface area contributed by atoms with E-state index in [4.69, 9.17) is 16.3 Å². The molecule has 4 amide bonds. The maximum Gasteiger partial charge on any atom is 0.241 e. The van der Waals surface area contributed by atoms with Crippen LogP contribution in [-0.4, -0.2) is 41.9 Å². The minimum Gasteiger partial charge on any atom is -0.491 e. The minimum atomic E-state index is -1.11. The van der Waals surface area contributed by atoms with E-state index in [0.29, 0.717) is 35.0 Å². The normalized spacial score (nSPS) is 29.3. The highest BCUT2D eigenvalue weighted by molar-refractivity contribution is 6.31. The third kappa shape index (κ3) is 4.15. The number of benzene rings is 3. The topological polar surface area (TPSA) is 104 Å². The predicted molar refractivity (Wildman–Crippen MR) is 164 cm³/mol. The Hall–Kier alpha value is -4.27. The van der Waals surface area contributed by atoms with Gasteiger partial charge in [0.25, 0.3) is 0 Å². The predicted octanol–water partition coefficient (Wildman–Crippen LogP) is 5.15. The molecule has 44 heavy (non-hydrogen) atoms. The van der Waals surface area contributed by atoms with Crippen molar-refractivity contribution >= 4 is 46.6 Å². The van der Waals surface area contributed by atoms with Crippen LogP contribution in [0.4, 0.5) is 11.4 Å². The molecule has 1 saturated carbocycles. The van der Waals surface area contributed by atoms with Gasteiger partial charge in [-0.25, -0.2) is 4.90 Å². The molecule has 224 valence electrons. The monoisotopic (exact) mass is 610 g/mol. The van der Waals surface area contributed by atoms with Crippen LogP contribution in [0.15, 0.2) is 90.5 Å². The largest absolute Gasteiger partial charge is 0.491 e. The summed E-state index contributed by atoms with van der Waals surface area (Å²) in [5.74, 6) is -3.33. The summed E-state index contributed by atoms with van der Waals surface area (Å²) in [4.78, 5) is 59.0. The molecule has 3 aromatic rings. The van der Waals surface area contributed by atoms with Gasteiger partial charge in [-0.1, -0.05) is 53.6 Å². The molecule has 2 aliphatic heterocycles. The fourth-order valence-electron chi connectivity index (χ4n) is 7.98. The van der Waals surface area contributed by atoms with Gasteiger partial charge in [-0.2, -0.15) is 0 Å². The standard InChI is InChI=1S/C35H31ClN2O6/c1-35-28(32(41)38(34(35)43)22-5-3-2-4-6-22)19-27-25(30(35)20-7-13-24(14-8-20)44-18-17-39)15-16-26-29(27)33(42)37(31(26)40)23-11-9-21(36)10-12-23/h2-15,26-30,39H,16-19H2,1H3. The Morgan fingerprint density at radius 3 is 2.20 bits per heavy atom. The maximum atomic E-state index is 14.4. The molecular weight excluding hydrogens is 580 g/mol. The number of para-hydroxylation sites is 1. The lowest BCUT2D eigenvalue weighted by atomic mass is 9.51. The molecule has 0 aromatic heterocycles. The highest BCUT2D eigenvalue weighted by atomic mass is 35.5. The molecule has 4 aliphatic rings. The summed E-state index contributed by atoms with van der Waals surface area (Å²) < 4.78 is 5.58. The molecule has 6 atom stereocenters. The Labute approximate surface area is 259 Å². The summed E-state index contributed by atoms with van der Waals surface area (Å²) >= 11 is 6.08. The molecule has 6 unspecified atom stereocenters. The van der Waals surface area contributed by atoms with Gasteiger partial charge in [0, 0.05) is 10.9 Å². The molecule has 9 heteroatoms. The van der Waals surface area contributed by atoms with Crippen molar-refractivity contribution in [2.45, 2.75) is 25.7 Å². The molecule has 2 saturated heterocycles. The van der Waals surface area contributed by atoms with Crippen LogP contribution in [0.2, 0.25) is 5.02 Å². The number of imide groups is 2. The van der Waals surface area contributed by atoms with Crippen LogP contribution in [-0.2, 0) is 19.2 Å². The molecule has 0 spiro atoms. The van der Waals surface area contributed by atoms with Crippen molar-refractivity contribution in [2.24, 2.45) is 29.1 Å². The van der Waals surface area contributed by atoms with E-state index < -0.39 is 35.0 Å². The Bertz CT molecular complexity index is 1690. The summed E-state index contributed by atoms with van der Waals surface area (Å²) in [6, 6.07) is 22.9. The molecule has 3 fully saturated rings. The fraction of sp³-hybridized carbons (Fsp3) is 0.314. The number of hydrogen-bond donors (Lipinski definition) is 1. The number of fused-ring (bicyclic) bond motifs is 4. The zero-order chi connectivity index (χ0) is 30.7. The van der Waals surface area contributed by atoms with Crippen LogP contribution in [0.25, 0.3) is 0 Å². The minimum absolute atomic E-state index is 0.118. The number of hydrogen-bond acceptors (Lipinski definition) is 6. The number of amides is 4. The number of ether oxygens (including phenoxy) is 1. The first-order chi connectivity index (χ1) is 21.3. The van der Waals surface area contributed by atoms with Gasteiger partial charge in [0.15, 0.2) is 0 Å². The number of carbonyl (C=O) groups is 4. The smallest absolute Gasteiger partial charge is 0.241 e. The Kier molecular flexibility index (Phi) is 6.94. The number of halogens is 1. The summed E-state index contributed by atoms with van der Waals surface area (Å²) in [7, 11) is 0.